The molecule has 3 heteroatoms. The zero-order chi connectivity index (χ0) is 38.8. The molecular weight excluding hydrogens is 707 g/mol. The quantitative estimate of drug-likeness (QED) is 0.114. The first-order chi connectivity index (χ1) is 28.6. The average Bonchev–Trinajstić information content (AvgIpc) is 3.98. The molecule has 0 bridgehead atoms. The van der Waals surface area contributed by atoms with Crippen molar-refractivity contribution >= 4 is 56.2 Å². The van der Waals surface area contributed by atoms with Crippen LogP contribution < -0.4 is 9.64 Å². The molecule has 1 atom stereocenters. The minimum atomic E-state index is -0.235. The molecule has 280 valence electrons. The normalized spacial score (nSPS) is 15.2. The summed E-state index contributed by atoms with van der Waals surface area (Å²) in [6, 6.07) is 61.4. The van der Waals surface area contributed by atoms with Gasteiger partial charge in [0.1, 0.15) is 11.3 Å². The number of hydrogen-bond acceptors (Lipinski definition) is 3. The average molecular weight is 750 g/mol. The molecule has 2 aliphatic rings. The predicted octanol–water partition coefficient (Wildman–Crippen LogP) is 14.8. The summed E-state index contributed by atoms with van der Waals surface area (Å²) in [6.45, 7) is 4.69. The van der Waals surface area contributed by atoms with Gasteiger partial charge in [0.25, 0.3) is 0 Å². The Bertz CT molecular complexity index is 3000. The standard InChI is InChI=1S/C55H43NO2/c1-3-55(4-2)48-32-36(27-30-47-43-22-11-10-20-41(43)42-21-12-13-23-46(42)54(47)37-16-6-5-7-17-37)26-29-44(48)45-31-28-40(35-49(45)55)56(52-33-38-18-8-14-24-50(38)57-52)53-34-39-19-9-15-25-51(39)58-53/h5-33,35,53H,3-4,34H2,1-2H3/b30-27+. The zero-order valence-electron chi connectivity index (χ0n) is 32.8. The lowest BCUT2D eigenvalue weighted by Gasteiger charge is -2.32. The van der Waals surface area contributed by atoms with Crippen LogP contribution in [0.25, 0.3) is 66.9 Å². The SMILES string of the molecule is CCC1(CC)c2cc(/C=C/c3c(-c4ccccc4)c4ccccc4c4ccccc34)ccc2-c2ccc(N(c3cc4ccccc4o3)C3Cc4ccccc4O3)cc21. The highest BCUT2D eigenvalue weighted by Crippen LogP contribution is 2.54. The highest BCUT2D eigenvalue weighted by atomic mass is 16.5. The van der Waals surface area contributed by atoms with E-state index in [1.54, 1.807) is 0 Å². The summed E-state index contributed by atoms with van der Waals surface area (Å²) in [6.07, 6.45) is 7.19. The van der Waals surface area contributed by atoms with Gasteiger partial charge in [0.05, 0.1) is 0 Å². The maximum Gasteiger partial charge on any atom is 0.204 e. The van der Waals surface area contributed by atoms with Gasteiger partial charge in [0.15, 0.2) is 6.23 Å². The third kappa shape index (κ3) is 5.34. The zero-order valence-corrected chi connectivity index (χ0v) is 32.8. The summed E-state index contributed by atoms with van der Waals surface area (Å²) in [7, 11) is 0. The fourth-order valence-electron chi connectivity index (χ4n) is 10.0. The van der Waals surface area contributed by atoms with E-state index in [4.69, 9.17) is 9.15 Å². The van der Waals surface area contributed by atoms with Crippen molar-refractivity contribution in [1.82, 2.24) is 0 Å². The molecule has 0 fully saturated rings. The molecule has 8 aromatic carbocycles. The van der Waals surface area contributed by atoms with Crippen LogP contribution >= 0.6 is 0 Å². The van der Waals surface area contributed by atoms with Gasteiger partial charge in [-0.2, -0.15) is 0 Å². The van der Waals surface area contributed by atoms with Crippen LogP contribution in [0.1, 0.15) is 54.5 Å². The molecular formula is C55H43NO2. The van der Waals surface area contributed by atoms with Gasteiger partial charge < -0.3 is 9.15 Å². The van der Waals surface area contributed by atoms with Crippen LogP contribution in [-0.4, -0.2) is 6.23 Å². The Kier molecular flexibility index (Phi) is 8.11. The summed E-state index contributed by atoms with van der Waals surface area (Å²) < 4.78 is 13.3. The summed E-state index contributed by atoms with van der Waals surface area (Å²) in [5.41, 5.74) is 13.4. The molecule has 1 unspecified atom stereocenters. The summed E-state index contributed by atoms with van der Waals surface area (Å²) >= 11 is 0. The molecule has 0 saturated carbocycles. The monoisotopic (exact) mass is 749 g/mol. The van der Waals surface area contributed by atoms with E-state index in [9.17, 15) is 0 Å². The Hall–Kier alpha value is -6.84. The minimum Gasteiger partial charge on any atom is -0.469 e. The number of ether oxygens (including phenoxy) is 1. The van der Waals surface area contributed by atoms with E-state index in [1.807, 2.05) is 18.2 Å². The molecule has 11 rings (SSSR count). The first-order valence-corrected chi connectivity index (χ1v) is 20.6. The smallest absolute Gasteiger partial charge is 0.204 e. The van der Waals surface area contributed by atoms with Crippen molar-refractivity contribution in [1.29, 1.82) is 0 Å². The molecule has 2 heterocycles. The second kappa shape index (κ2) is 13.7. The number of para-hydroxylation sites is 2. The summed E-state index contributed by atoms with van der Waals surface area (Å²) in [5, 5.41) is 6.17. The molecule has 9 aromatic rings. The number of hydrogen-bond donors (Lipinski definition) is 0. The van der Waals surface area contributed by atoms with Gasteiger partial charge in [0.2, 0.25) is 5.88 Å². The predicted molar refractivity (Wildman–Crippen MR) is 242 cm³/mol. The largest absolute Gasteiger partial charge is 0.469 e. The Balaban J connectivity index is 1.02. The number of benzene rings is 8. The van der Waals surface area contributed by atoms with Gasteiger partial charge in [-0.1, -0.05) is 166 Å². The van der Waals surface area contributed by atoms with Crippen LogP contribution in [0.15, 0.2) is 174 Å². The Morgan fingerprint density at radius 3 is 2.03 bits per heavy atom. The maximum atomic E-state index is 6.68. The van der Waals surface area contributed by atoms with E-state index < -0.39 is 0 Å². The van der Waals surface area contributed by atoms with Crippen LogP contribution in [0.3, 0.4) is 0 Å². The lowest BCUT2D eigenvalue weighted by molar-refractivity contribution is 0.234. The topological polar surface area (TPSA) is 25.6 Å². The number of nitrogens with zero attached hydrogens (tertiary/aromatic N) is 1. The highest BCUT2D eigenvalue weighted by Gasteiger charge is 2.42. The Morgan fingerprint density at radius 2 is 1.26 bits per heavy atom. The molecule has 58 heavy (non-hydrogen) atoms. The van der Waals surface area contributed by atoms with Gasteiger partial charge in [-0.3, -0.25) is 4.90 Å². The fourth-order valence-corrected chi connectivity index (χ4v) is 10.0. The van der Waals surface area contributed by atoms with E-state index in [-0.39, 0.29) is 11.6 Å². The van der Waals surface area contributed by atoms with Gasteiger partial charge >= 0.3 is 0 Å². The highest BCUT2D eigenvalue weighted by molar-refractivity contribution is 6.18. The van der Waals surface area contributed by atoms with E-state index in [2.05, 4.69) is 183 Å². The number of furan rings is 1. The van der Waals surface area contributed by atoms with Gasteiger partial charge in [-0.05, 0) is 109 Å². The Morgan fingerprint density at radius 1 is 0.603 bits per heavy atom. The van der Waals surface area contributed by atoms with E-state index in [1.165, 1.54) is 71.6 Å². The fraction of sp³-hybridized carbons (Fsp3) is 0.127. The van der Waals surface area contributed by atoms with Gasteiger partial charge in [0, 0.05) is 29.0 Å². The van der Waals surface area contributed by atoms with Crippen molar-refractivity contribution in [3.05, 3.63) is 198 Å². The number of rotatable bonds is 8. The molecule has 3 nitrogen and oxygen atoms in total. The number of fused-ring (bicyclic) bond motifs is 8. The molecule has 0 amide bonds. The van der Waals surface area contributed by atoms with E-state index in [0.29, 0.717) is 0 Å². The van der Waals surface area contributed by atoms with Crippen molar-refractivity contribution in [3.63, 3.8) is 0 Å². The van der Waals surface area contributed by atoms with Crippen LogP contribution in [0.4, 0.5) is 11.6 Å². The van der Waals surface area contributed by atoms with Crippen molar-refractivity contribution in [2.45, 2.75) is 44.8 Å². The molecule has 1 aliphatic carbocycles. The third-order valence-corrected chi connectivity index (χ3v) is 12.9. The van der Waals surface area contributed by atoms with Gasteiger partial charge in [-0.25, -0.2) is 0 Å². The second-order valence-corrected chi connectivity index (χ2v) is 15.8. The molecule has 0 N–H and O–H groups in total. The lowest BCUT2D eigenvalue weighted by Crippen LogP contribution is -2.35. The van der Waals surface area contributed by atoms with Crippen molar-refractivity contribution < 1.29 is 9.15 Å². The summed E-state index contributed by atoms with van der Waals surface area (Å²) in [4.78, 5) is 2.27. The first kappa shape index (κ1) is 34.4. The van der Waals surface area contributed by atoms with Gasteiger partial charge in [-0.15, -0.1) is 0 Å². The third-order valence-electron chi connectivity index (χ3n) is 12.9. The molecule has 0 radical (unpaired) electrons. The van der Waals surface area contributed by atoms with E-state index >= 15 is 0 Å². The Labute approximate surface area is 339 Å². The molecule has 0 spiro atoms. The van der Waals surface area contributed by atoms with Crippen molar-refractivity contribution in [2.75, 3.05) is 4.90 Å². The number of anilines is 2. The van der Waals surface area contributed by atoms with E-state index in [0.717, 1.165) is 47.6 Å². The maximum absolute atomic E-state index is 6.68. The lowest BCUT2D eigenvalue weighted by atomic mass is 9.73. The first-order valence-electron chi connectivity index (χ1n) is 20.6. The molecule has 0 saturated heterocycles. The van der Waals surface area contributed by atoms with Crippen LogP contribution in [-0.2, 0) is 11.8 Å². The van der Waals surface area contributed by atoms with Crippen LogP contribution in [0.2, 0.25) is 0 Å². The second-order valence-electron chi connectivity index (χ2n) is 15.8. The van der Waals surface area contributed by atoms with Crippen LogP contribution in [0.5, 0.6) is 5.75 Å². The molecule has 1 aliphatic heterocycles. The van der Waals surface area contributed by atoms with Crippen molar-refractivity contribution in [2.24, 2.45) is 0 Å². The minimum absolute atomic E-state index is 0.144. The molecule has 1 aromatic heterocycles. The van der Waals surface area contributed by atoms with Crippen LogP contribution in [0, 0.1) is 0 Å². The summed E-state index contributed by atoms with van der Waals surface area (Å²) in [5.74, 6) is 1.73. The van der Waals surface area contributed by atoms with Crippen molar-refractivity contribution in [3.8, 4) is 28.0 Å².